The molecule has 0 saturated carbocycles. The summed E-state index contributed by atoms with van der Waals surface area (Å²) in [5.74, 6) is -0.795. The van der Waals surface area contributed by atoms with E-state index < -0.39 is 5.97 Å². The third-order valence-electron chi connectivity index (χ3n) is 1.81. The normalized spacial score (nSPS) is 27.4. The lowest BCUT2D eigenvalue weighted by Gasteiger charge is -2.03. The fourth-order valence-electron chi connectivity index (χ4n) is 1.18. The zero-order valence-corrected chi connectivity index (χ0v) is 5.32. The lowest BCUT2D eigenvalue weighted by atomic mass is 10.1. The Kier molecular flexibility index (Phi) is 0.897. The maximum Gasteiger partial charge on any atom is 0.333 e. The van der Waals surface area contributed by atoms with Crippen molar-refractivity contribution in [2.45, 2.75) is 6.04 Å². The van der Waals surface area contributed by atoms with Gasteiger partial charge in [-0.25, -0.2) is 4.79 Å². The summed E-state index contributed by atoms with van der Waals surface area (Å²) in [5.41, 5.74) is 0.516. The predicted octanol–water partition coefficient (Wildman–Crippen LogP) is 0.209. The van der Waals surface area contributed by atoms with Crippen molar-refractivity contribution in [3.8, 4) is 0 Å². The third kappa shape index (κ3) is 0.635. The molecule has 0 bridgehead atoms. The minimum absolute atomic E-state index is 0.169. The zero-order valence-electron chi connectivity index (χ0n) is 5.32. The van der Waals surface area contributed by atoms with Crippen LogP contribution < -0.4 is 0 Å². The highest BCUT2D eigenvalue weighted by Gasteiger charge is 2.38. The summed E-state index contributed by atoms with van der Waals surface area (Å²) in [6.45, 7) is 0.870. The maximum absolute atomic E-state index is 10.5. The quantitative estimate of drug-likeness (QED) is 0.525. The first-order valence-corrected chi connectivity index (χ1v) is 3.16. The van der Waals surface area contributed by atoms with Crippen molar-refractivity contribution in [1.82, 2.24) is 4.90 Å². The van der Waals surface area contributed by atoms with Gasteiger partial charge in [0, 0.05) is 6.54 Å². The van der Waals surface area contributed by atoms with E-state index in [-0.39, 0.29) is 6.04 Å². The van der Waals surface area contributed by atoms with Gasteiger partial charge in [0.1, 0.15) is 0 Å². The van der Waals surface area contributed by atoms with E-state index in [2.05, 4.69) is 0 Å². The number of rotatable bonds is 1. The topological polar surface area (TPSA) is 40.3 Å². The molecule has 2 rings (SSSR count). The van der Waals surface area contributed by atoms with E-state index in [0.717, 1.165) is 6.54 Å². The highest BCUT2D eigenvalue weighted by atomic mass is 16.4. The molecular weight excluding hydrogens is 130 g/mol. The van der Waals surface area contributed by atoms with Crippen molar-refractivity contribution in [2.75, 3.05) is 6.54 Å². The van der Waals surface area contributed by atoms with Crippen LogP contribution in [0.5, 0.6) is 0 Å². The van der Waals surface area contributed by atoms with Crippen LogP contribution in [0.15, 0.2) is 23.9 Å². The first-order chi connectivity index (χ1) is 4.79. The minimum atomic E-state index is -0.795. The van der Waals surface area contributed by atoms with Crippen molar-refractivity contribution < 1.29 is 9.90 Å². The number of allylic oxidation sites excluding steroid dienone is 2. The fraction of sp³-hybridized carbons (Fsp3) is 0.286. The second-order valence-electron chi connectivity index (χ2n) is 2.48. The van der Waals surface area contributed by atoms with Crippen LogP contribution in [0.2, 0.25) is 0 Å². The fourth-order valence-corrected chi connectivity index (χ4v) is 1.18. The molecule has 3 nitrogen and oxygen atoms in total. The molecule has 0 spiro atoms. The summed E-state index contributed by atoms with van der Waals surface area (Å²) >= 11 is 0. The highest BCUT2D eigenvalue weighted by Crippen LogP contribution is 2.28. The molecule has 0 aliphatic carbocycles. The zero-order chi connectivity index (χ0) is 7.14. The van der Waals surface area contributed by atoms with Gasteiger partial charge in [-0.1, -0.05) is 0 Å². The number of aliphatic carboxylic acids is 1. The van der Waals surface area contributed by atoms with Crippen LogP contribution in [-0.2, 0) is 4.79 Å². The van der Waals surface area contributed by atoms with Crippen LogP contribution in [0, 0.1) is 0 Å². The van der Waals surface area contributed by atoms with Gasteiger partial charge >= 0.3 is 5.97 Å². The van der Waals surface area contributed by atoms with Crippen LogP contribution >= 0.6 is 0 Å². The first-order valence-electron chi connectivity index (χ1n) is 3.16. The Balaban J connectivity index is 2.28. The molecule has 3 heteroatoms. The molecule has 1 fully saturated rings. The van der Waals surface area contributed by atoms with E-state index in [1.54, 1.807) is 12.2 Å². The number of carbonyl (C=O) groups is 1. The molecule has 2 aliphatic rings. The summed E-state index contributed by atoms with van der Waals surface area (Å²) in [6, 6.07) is 0.169. The Morgan fingerprint density at radius 1 is 1.80 bits per heavy atom. The lowest BCUT2D eigenvalue weighted by Crippen LogP contribution is -2.11. The average molecular weight is 137 g/mol. The number of carboxylic acid groups (broad SMARTS) is 1. The molecule has 0 aromatic heterocycles. The summed E-state index contributed by atoms with van der Waals surface area (Å²) in [7, 11) is 0. The van der Waals surface area contributed by atoms with Crippen LogP contribution in [0.3, 0.4) is 0 Å². The van der Waals surface area contributed by atoms with Crippen LogP contribution in [0.4, 0.5) is 0 Å². The molecule has 0 aromatic rings. The SMILES string of the molecule is O=C(O)C1=CC=CN2CC12. The summed E-state index contributed by atoms with van der Waals surface area (Å²) in [5, 5.41) is 8.61. The van der Waals surface area contributed by atoms with Crippen LogP contribution in [0.25, 0.3) is 0 Å². The van der Waals surface area contributed by atoms with Crippen molar-refractivity contribution in [3.63, 3.8) is 0 Å². The standard InChI is InChI=1S/C7H7NO2/c9-7(10)5-2-1-3-8-4-6(5)8/h1-3,6H,4H2,(H,9,10). The van der Waals surface area contributed by atoms with Gasteiger partial charge in [0.15, 0.2) is 0 Å². The Morgan fingerprint density at radius 3 is 3.20 bits per heavy atom. The Morgan fingerprint density at radius 2 is 2.60 bits per heavy atom. The van der Waals surface area contributed by atoms with E-state index in [9.17, 15) is 4.79 Å². The van der Waals surface area contributed by atoms with E-state index in [1.807, 2.05) is 11.1 Å². The molecule has 10 heavy (non-hydrogen) atoms. The molecule has 0 amide bonds. The largest absolute Gasteiger partial charge is 0.478 e. The molecule has 52 valence electrons. The van der Waals surface area contributed by atoms with E-state index in [1.165, 1.54) is 0 Å². The molecule has 1 saturated heterocycles. The van der Waals surface area contributed by atoms with Gasteiger partial charge in [0.25, 0.3) is 0 Å². The summed E-state index contributed by atoms with van der Waals surface area (Å²) < 4.78 is 0. The van der Waals surface area contributed by atoms with Gasteiger partial charge in [0.05, 0.1) is 11.6 Å². The number of fused-ring (bicyclic) bond motifs is 1. The molecule has 1 unspecified atom stereocenters. The Hall–Kier alpha value is -1.25. The van der Waals surface area contributed by atoms with E-state index >= 15 is 0 Å². The number of hydrogen-bond donors (Lipinski definition) is 1. The van der Waals surface area contributed by atoms with Crippen molar-refractivity contribution in [2.24, 2.45) is 0 Å². The van der Waals surface area contributed by atoms with E-state index in [4.69, 9.17) is 5.11 Å². The Bertz CT molecular complexity index is 242. The molecule has 1 atom stereocenters. The maximum atomic E-state index is 10.5. The number of nitrogens with zero attached hydrogens (tertiary/aromatic N) is 1. The smallest absolute Gasteiger partial charge is 0.333 e. The van der Waals surface area contributed by atoms with Crippen molar-refractivity contribution in [1.29, 1.82) is 0 Å². The van der Waals surface area contributed by atoms with E-state index in [0.29, 0.717) is 5.57 Å². The van der Waals surface area contributed by atoms with Crippen LogP contribution in [-0.4, -0.2) is 28.6 Å². The molecule has 1 N–H and O–H groups in total. The summed E-state index contributed by atoms with van der Waals surface area (Å²) in [6.07, 6.45) is 5.35. The lowest BCUT2D eigenvalue weighted by molar-refractivity contribution is -0.132. The molecular formula is C7H7NO2. The Labute approximate surface area is 58.3 Å². The minimum Gasteiger partial charge on any atom is -0.478 e. The van der Waals surface area contributed by atoms with Gasteiger partial charge in [-0.05, 0) is 18.4 Å². The van der Waals surface area contributed by atoms with Gasteiger partial charge in [0.2, 0.25) is 0 Å². The van der Waals surface area contributed by atoms with Gasteiger partial charge in [-0.2, -0.15) is 0 Å². The van der Waals surface area contributed by atoms with Crippen molar-refractivity contribution in [3.05, 3.63) is 23.9 Å². The average Bonchev–Trinajstić information content (AvgIpc) is 2.63. The molecule has 0 radical (unpaired) electrons. The molecule has 2 aliphatic heterocycles. The number of carboxylic acids is 1. The second-order valence-corrected chi connectivity index (χ2v) is 2.48. The third-order valence-corrected chi connectivity index (χ3v) is 1.81. The summed E-state index contributed by atoms with van der Waals surface area (Å²) in [4.78, 5) is 12.5. The first kappa shape index (κ1) is 5.53. The van der Waals surface area contributed by atoms with Crippen molar-refractivity contribution >= 4 is 5.97 Å². The predicted molar refractivity (Wildman–Crippen MR) is 35.4 cm³/mol. The molecule has 0 aromatic carbocycles. The highest BCUT2D eigenvalue weighted by molar-refractivity contribution is 5.89. The van der Waals surface area contributed by atoms with Gasteiger partial charge in [-0.15, -0.1) is 0 Å². The number of hydrogen-bond acceptors (Lipinski definition) is 2. The van der Waals surface area contributed by atoms with Gasteiger partial charge in [-0.3, -0.25) is 0 Å². The monoisotopic (exact) mass is 137 g/mol. The van der Waals surface area contributed by atoms with Gasteiger partial charge < -0.3 is 10.0 Å². The molecule has 2 heterocycles. The van der Waals surface area contributed by atoms with Crippen LogP contribution in [0.1, 0.15) is 0 Å². The second kappa shape index (κ2) is 1.62.